The Morgan fingerprint density at radius 2 is 1.74 bits per heavy atom. The fourth-order valence-electron chi connectivity index (χ4n) is 3.56. The number of anilines is 2. The first-order chi connectivity index (χ1) is 9.24. The van der Waals surface area contributed by atoms with Crippen LogP contribution in [0.25, 0.3) is 0 Å². The van der Waals surface area contributed by atoms with Gasteiger partial charge in [-0.3, -0.25) is 4.90 Å². The van der Waals surface area contributed by atoms with Crippen molar-refractivity contribution < 1.29 is 0 Å². The van der Waals surface area contributed by atoms with Crippen LogP contribution >= 0.6 is 0 Å². The van der Waals surface area contributed by atoms with Gasteiger partial charge in [0.25, 0.3) is 0 Å². The third-order valence-electron chi connectivity index (χ3n) is 4.73. The number of aryl methyl sites for hydroxylation is 1. The summed E-state index contributed by atoms with van der Waals surface area (Å²) >= 11 is 0. The van der Waals surface area contributed by atoms with E-state index in [0.29, 0.717) is 0 Å². The van der Waals surface area contributed by atoms with E-state index in [1.165, 1.54) is 50.0 Å². The number of hydrogen-bond acceptors (Lipinski definition) is 3. The van der Waals surface area contributed by atoms with E-state index in [1.807, 2.05) is 6.07 Å². The topological polar surface area (TPSA) is 32.5 Å². The number of nitrogens with zero attached hydrogens (tertiary/aromatic N) is 2. The first-order valence-corrected chi connectivity index (χ1v) is 7.59. The summed E-state index contributed by atoms with van der Waals surface area (Å²) < 4.78 is 0. The van der Waals surface area contributed by atoms with Crippen molar-refractivity contribution in [1.29, 1.82) is 0 Å². The molecule has 0 atom stereocenters. The average molecular weight is 259 g/mol. The fraction of sp³-hybridized carbons (Fsp3) is 0.625. The van der Waals surface area contributed by atoms with Crippen molar-refractivity contribution in [3.63, 3.8) is 0 Å². The molecule has 3 rings (SSSR count). The van der Waals surface area contributed by atoms with Crippen LogP contribution in [0.1, 0.15) is 31.2 Å². The van der Waals surface area contributed by atoms with Crippen LogP contribution in [0.2, 0.25) is 0 Å². The Balaban J connectivity index is 1.64. The van der Waals surface area contributed by atoms with Gasteiger partial charge in [0.05, 0.1) is 0 Å². The molecular weight excluding hydrogens is 234 g/mol. The average Bonchev–Trinajstić information content (AvgIpc) is 2.96. The molecule has 104 valence electrons. The van der Waals surface area contributed by atoms with Crippen molar-refractivity contribution in [1.82, 2.24) is 4.90 Å². The van der Waals surface area contributed by atoms with E-state index >= 15 is 0 Å². The fourth-order valence-corrected chi connectivity index (χ4v) is 3.56. The molecular formula is C16H25N3. The van der Waals surface area contributed by atoms with Crippen molar-refractivity contribution in [2.45, 2.75) is 38.6 Å². The molecule has 2 aliphatic rings. The maximum atomic E-state index is 5.92. The summed E-state index contributed by atoms with van der Waals surface area (Å²) in [5, 5.41) is 0. The molecule has 1 heterocycles. The normalized spacial score (nSPS) is 22.1. The summed E-state index contributed by atoms with van der Waals surface area (Å²) in [5.41, 5.74) is 9.46. The van der Waals surface area contributed by atoms with E-state index < -0.39 is 0 Å². The summed E-state index contributed by atoms with van der Waals surface area (Å²) in [4.78, 5) is 5.20. The zero-order chi connectivity index (χ0) is 13.2. The molecule has 1 aliphatic carbocycles. The number of nitrogens with two attached hydrogens (primary N) is 1. The Morgan fingerprint density at radius 3 is 2.42 bits per heavy atom. The molecule has 0 spiro atoms. The number of nitrogen functional groups attached to an aromatic ring is 1. The Hall–Kier alpha value is -1.22. The molecule has 0 radical (unpaired) electrons. The molecule has 19 heavy (non-hydrogen) atoms. The summed E-state index contributed by atoms with van der Waals surface area (Å²) in [7, 11) is 0. The van der Waals surface area contributed by atoms with Gasteiger partial charge < -0.3 is 10.6 Å². The SMILES string of the molecule is Cc1ccc(N)cc1N1CCN(C2CCCC2)CC1. The van der Waals surface area contributed by atoms with Crippen molar-refractivity contribution >= 4 is 11.4 Å². The van der Waals surface area contributed by atoms with E-state index in [-0.39, 0.29) is 0 Å². The smallest absolute Gasteiger partial charge is 0.0417 e. The number of benzene rings is 1. The molecule has 0 amide bonds. The highest BCUT2D eigenvalue weighted by molar-refractivity contribution is 5.61. The summed E-state index contributed by atoms with van der Waals surface area (Å²) in [6.45, 7) is 6.87. The maximum Gasteiger partial charge on any atom is 0.0417 e. The van der Waals surface area contributed by atoms with E-state index in [2.05, 4.69) is 28.9 Å². The predicted molar refractivity (Wildman–Crippen MR) is 81.6 cm³/mol. The van der Waals surface area contributed by atoms with Gasteiger partial charge in [-0.1, -0.05) is 18.9 Å². The maximum absolute atomic E-state index is 5.92. The molecule has 3 nitrogen and oxygen atoms in total. The van der Waals surface area contributed by atoms with Gasteiger partial charge in [-0.25, -0.2) is 0 Å². The first kappa shape index (κ1) is 12.8. The van der Waals surface area contributed by atoms with Gasteiger partial charge in [0.15, 0.2) is 0 Å². The lowest BCUT2D eigenvalue weighted by molar-refractivity contribution is 0.187. The minimum Gasteiger partial charge on any atom is -0.399 e. The van der Waals surface area contributed by atoms with Crippen LogP contribution in [0.5, 0.6) is 0 Å². The molecule has 1 aromatic carbocycles. The molecule has 1 saturated heterocycles. The molecule has 0 unspecified atom stereocenters. The lowest BCUT2D eigenvalue weighted by Gasteiger charge is -2.39. The van der Waals surface area contributed by atoms with Crippen LogP contribution < -0.4 is 10.6 Å². The molecule has 3 heteroatoms. The second-order valence-corrected chi connectivity index (χ2v) is 6.01. The highest BCUT2D eigenvalue weighted by atomic mass is 15.3. The Kier molecular flexibility index (Phi) is 3.65. The summed E-state index contributed by atoms with van der Waals surface area (Å²) in [6, 6.07) is 7.12. The van der Waals surface area contributed by atoms with Crippen molar-refractivity contribution in [2.24, 2.45) is 0 Å². The highest BCUT2D eigenvalue weighted by Crippen LogP contribution is 2.27. The van der Waals surface area contributed by atoms with Crippen molar-refractivity contribution in [3.05, 3.63) is 23.8 Å². The molecule has 1 aliphatic heterocycles. The first-order valence-electron chi connectivity index (χ1n) is 7.59. The zero-order valence-electron chi connectivity index (χ0n) is 11.9. The van der Waals surface area contributed by atoms with Gasteiger partial charge in [0.1, 0.15) is 0 Å². The zero-order valence-corrected chi connectivity index (χ0v) is 11.9. The standard InChI is InChI=1S/C16H25N3/c1-13-6-7-14(17)12-16(13)19-10-8-18(9-11-19)15-4-2-3-5-15/h6-7,12,15H,2-5,8-11,17H2,1H3. The van der Waals surface area contributed by atoms with Crippen molar-refractivity contribution in [3.8, 4) is 0 Å². The second-order valence-electron chi connectivity index (χ2n) is 6.01. The Bertz CT molecular complexity index is 430. The van der Waals surface area contributed by atoms with E-state index in [9.17, 15) is 0 Å². The third kappa shape index (κ3) is 2.71. The molecule has 0 bridgehead atoms. The minimum absolute atomic E-state index is 0.865. The van der Waals surface area contributed by atoms with Crippen LogP contribution in [-0.2, 0) is 0 Å². The van der Waals surface area contributed by atoms with E-state index in [1.54, 1.807) is 0 Å². The number of piperazine rings is 1. The van der Waals surface area contributed by atoms with Gasteiger partial charge in [-0.15, -0.1) is 0 Å². The minimum atomic E-state index is 0.865. The Labute approximate surface area is 116 Å². The second kappa shape index (κ2) is 5.41. The van der Waals surface area contributed by atoms with Gasteiger partial charge in [-0.2, -0.15) is 0 Å². The Morgan fingerprint density at radius 1 is 1.05 bits per heavy atom. The molecule has 1 saturated carbocycles. The van der Waals surface area contributed by atoms with Gasteiger partial charge in [0.2, 0.25) is 0 Å². The monoisotopic (exact) mass is 259 g/mol. The molecule has 2 fully saturated rings. The quantitative estimate of drug-likeness (QED) is 0.829. The number of rotatable bonds is 2. The molecule has 2 N–H and O–H groups in total. The van der Waals surface area contributed by atoms with Crippen LogP contribution in [-0.4, -0.2) is 37.1 Å². The predicted octanol–water partition coefficient (Wildman–Crippen LogP) is 2.64. The lowest BCUT2D eigenvalue weighted by atomic mass is 10.1. The van der Waals surface area contributed by atoms with Crippen LogP contribution in [0.3, 0.4) is 0 Å². The third-order valence-corrected chi connectivity index (χ3v) is 4.73. The molecule has 1 aromatic rings. The summed E-state index contributed by atoms with van der Waals surface area (Å²) in [6.07, 6.45) is 5.69. The molecule has 0 aromatic heterocycles. The number of hydrogen-bond donors (Lipinski definition) is 1. The van der Waals surface area contributed by atoms with Crippen LogP contribution in [0.15, 0.2) is 18.2 Å². The largest absolute Gasteiger partial charge is 0.399 e. The van der Waals surface area contributed by atoms with Gasteiger partial charge >= 0.3 is 0 Å². The lowest BCUT2D eigenvalue weighted by Crippen LogP contribution is -2.49. The van der Waals surface area contributed by atoms with E-state index in [0.717, 1.165) is 24.8 Å². The highest BCUT2D eigenvalue weighted by Gasteiger charge is 2.26. The van der Waals surface area contributed by atoms with Gasteiger partial charge in [-0.05, 0) is 37.5 Å². The summed E-state index contributed by atoms with van der Waals surface area (Å²) in [5.74, 6) is 0. The van der Waals surface area contributed by atoms with Gasteiger partial charge in [0, 0.05) is 43.6 Å². The van der Waals surface area contributed by atoms with Crippen molar-refractivity contribution in [2.75, 3.05) is 36.8 Å². The van der Waals surface area contributed by atoms with Crippen LogP contribution in [0.4, 0.5) is 11.4 Å². The van der Waals surface area contributed by atoms with Crippen LogP contribution in [0, 0.1) is 6.92 Å². The van der Waals surface area contributed by atoms with E-state index in [4.69, 9.17) is 5.73 Å².